The van der Waals surface area contributed by atoms with E-state index in [9.17, 15) is 0 Å². The molecule has 1 saturated heterocycles. The van der Waals surface area contributed by atoms with Crippen molar-refractivity contribution in [1.82, 2.24) is 4.90 Å². The molecular formula is C19H30ClNO2. The first-order valence-corrected chi connectivity index (χ1v) is 9.24. The quantitative estimate of drug-likeness (QED) is 0.612. The van der Waals surface area contributed by atoms with E-state index in [0.717, 1.165) is 30.3 Å². The van der Waals surface area contributed by atoms with Gasteiger partial charge in [0.25, 0.3) is 0 Å². The van der Waals surface area contributed by atoms with Gasteiger partial charge in [0.2, 0.25) is 0 Å². The van der Waals surface area contributed by atoms with Crippen molar-refractivity contribution in [3.8, 4) is 5.75 Å². The van der Waals surface area contributed by atoms with Crippen LogP contribution in [0.1, 0.15) is 39.0 Å². The minimum Gasteiger partial charge on any atom is -0.494 e. The lowest BCUT2D eigenvalue weighted by atomic mass is 9.91. The molecule has 0 saturated carbocycles. The molecule has 4 heteroatoms. The molecule has 0 aromatic heterocycles. The fraction of sp³-hybridized carbons (Fsp3) is 0.684. The molecule has 23 heavy (non-hydrogen) atoms. The lowest BCUT2D eigenvalue weighted by molar-refractivity contribution is -0.0180. The van der Waals surface area contributed by atoms with Crippen molar-refractivity contribution in [2.45, 2.75) is 45.1 Å². The van der Waals surface area contributed by atoms with Gasteiger partial charge in [0, 0.05) is 18.7 Å². The Bertz CT molecular complexity index is 455. The SMILES string of the molecule is CCCCCN1CC[C@@H](CCOc2cccc(Cl)c2)[C@H](OC)C1. The lowest BCUT2D eigenvalue weighted by Crippen LogP contribution is -2.45. The summed E-state index contributed by atoms with van der Waals surface area (Å²) >= 11 is 5.98. The van der Waals surface area contributed by atoms with Crippen molar-refractivity contribution in [2.75, 3.05) is 33.4 Å². The number of piperidine rings is 1. The Balaban J connectivity index is 1.72. The molecule has 1 aliphatic rings. The molecular weight excluding hydrogens is 310 g/mol. The topological polar surface area (TPSA) is 21.7 Å². The van der Waals surface area contributed by atoms with E-state index >= 15 is 0 Å². The maximum atomic E-state index is 5.98. The van der Waals surface area contributed by atoms with Gasteiger partial charge < -0.3 is 14.4 Å². The molecule has 1 aliphatic heterocycles. The Morgan fingerprint density at radius 2 is 2.17 bits per heavy atom. The first-order chi connectivity index (χ1) is 11.2. The average molecular weight is 340 g/mol. The van der Waals surface area contributed by atoms with Gasteiger partial charge in [-0.05, 0) is 56.5 Å². The molecule has 0 radical (unpaired) electrons. The number of unbranched alkanes of at least 4 members (excludes halogenated alkanes) is 2. The predicted molar refractivity (Wildman–Crippen MR) is 96.4 cm³/mol. The highest BCUT2D eigenvalue weighted by molar-refractivity contribution is 6.30. The third kappa shape index (κ3) is 6.33. The third-order valence-corrected chi connectivity index (χ3v) is 4.95. The Kier molecular flexibility index (Phi) is 8.21. The Hall–Kier alpha value is -0.770. The maximum absolute atomic E-state index is 5.98. The minimum absolute atomic E-state index is 0.327. The molecule has 1 aromatic carbocycles. The normalized spacial score (nSPS) is 22.2. The van der Waals surface area contributed by atoms with E-state index < -0.39 is 0 Å². The number of hydrogen-bond donors (Lipinski definition) is 0. The highest BCUT2D eigenvalue weighted by Crippen LogP contribution is 2.24. The van der Waals surface area contributed by atoms with E-state index in [1.807, 2.05) is 31.4 Å². The van der Waals surface area contributed by atoms with Crippen molar-refractivity contribution in [1.29, 1.82) is 0 Å². The van der Waals surface area contributed by atoms with Crippen LogP contribution in [0, 0.1) is 5.92 Å². The van der Waals surface area contributed by atoms with Gasteiger partial charge in [-0.1, -0.05) is 37.4 Å². The first kappa shape index (κ1) is 18.6. The fourth-order valence-electron chi connectivity index (χ4n) is 3.30. The summed E-state index contributed by atoms with van der Waals surface area (Å²) < 4.78 is 11.6. The van der Waals surface area contributed by atoms with Crippen LogP contribution in [-0.4, -0.2) is 44.4 Å². The van der Waals surface area contributed by atoms with Gasteiger partial charge in [-0.25, -0.2) is 0 Å². The van der Waals surface area contributed by atoms with Crippen LogP contribution in [0.5, 0.6) is 5.75 Å². The van der Waals surface area contributed by atoms with E-state index in [-0.39, 0.29) is 0 Å². The number of rotatable bonds is 9. The maximum Gasteiger partial charge on any atom is 0.120 e. The van der Waals surface area contributed by atoms with Gasteiger partial charge in [0.1, 0.15) is 5.75 Å². The Morgan fingerprint density at radius 1 is 1.30 bits per heavy atom. The lowest BCUT2D eigenvalue weighted by Gasteiger charge is -2.37. The van der Waals surface area contributed by atoms with Crippen LogP contribution in [0.4, 0.5) is 0 Å². The molecule has 3 nitrogen and oxygen atoms in total. The van der Waals surface area contributed by atoms with Crippen LogP contribution in [-0.2, 0) is 4.74 Å². The molecule has 0 N–H and O–H groups in total. The second-order valence-corrected chi connectivity index (χ2v) is 6.86. The fourth-order valence-corrected chi connectivity index (χ4v) is 3.48. The summed E-state index contributed by atoms with van der Waals surface area (Å²) in [6, 6.07) is 7.61. The average Bonchev–Trinajstić information content (AvgIpc) is 2.56. The number of benzene rings is 1. The monoisotopic (exact) mass is 339 g/mol. The van der Waals surface area contributed by atoms with Gasteiger partial charge in [-0.2, -0.15) is 0 Å². The molecule has 2 atom stereocenters. The van der Waals surface area contributed by atoms with Crippen LogP contribution in [0.3, 0.4) is 0 Å². The van der Waals surface area contributed by atoms with Gasteiger partial charge in [0.15, 0.2) is 0 Å². The van der Waals surface area contributed by atoms with Gasteiger partial charge >= 0.3 is 0 Å². The van der Waals surface area contributed by atoms with Crippen molar-refractivity contribution < 1.29 is 9.47 Å². The Labute approximate surface area is 145 Å². The largest absolute Gasteiger partial charge is 0.494 e. The summed E-state index contributed by atoms with van der Waals surface area (Å²) in [6.45, 7) is 6.43. The van der Waals surface area contributed by atoms with E-state index in [2.05, 4.69) is 11.8 Å². The van der Waals surface area contributed by atoms with Crippen molar-refractivity contribution in [2.24, 2.45) is 5.92 Å². The van der Waals surface area contributed by atoms with Crippen molar-refractivity contribution in [3.63, 3.8) is 0 Å². The van der Waals surface area contributed by atoms with Gasteiger partial charge in [-0.3, -0.25) is 0 Å². The predicted octanol–water partition coefficient (Wildman–Crippen LogP) is 4.64. The zero-order chi connectivity index (χ0) is 16.5. The summed E-state index contributed by atoms with van der Waals surface area (Å²) in [5, 5.41) is 0.720. The number of ether oxygens (including phenoxy) is 2. The molecule has 2 rings (SSSR count). The number of halogens is 1. The molecule has 0 bridgehead atoms. The molecule has 0 spiro atoms. The molecule has 130 valence electrons. The molecule has 1 fully saturated rings. The van der Waals surface area contributed by atoms with E-state index in [1.165, 1.54) is 38.8 Å². The van der Waals surface area contributed by atoms with E-state index in [4.69, 9.17) is 21.1 Å². The molecule has 1 aromatic rings. The summed E-state index contributed by atoms with van der Waals surface area (Å²) in [5.41, 5.74) is 0. The molecule has 0 aliphatic carbocycles. The summed E-state index contributed by atoms with van der Waals surface area (Å²) in [7, 11) is 1.84. The molecule has 1 heterocycles. The standard InChI is InChI=1S/C19H30ClNO2/c1-3-4-5-11-21-12-9-16(19(15-21)22-2)10-13-23-18-8-6-7-17(20)14-18/h6-8,14,16,19H,3-5,9-13,15H2,1-2H3/t16-,19+/m0/s1. The van der Waals surface area contributed by atoms with Crippen molar-refractivity contribution >= 4 is 11.6 Å². The summed E-state index contributed by atoms with van der Waals surface area (Å²) in [4.78, 5) is 2.55. The second kappa shape index (κ2) is 10.2. The zero-order valence-corrected chi connectivity index (χ0v) is 15.2. The summed E-state index contributed by atoms with van der Waals surface area (Å²) in [6.07, 6.45) is 6.47. The number of methoxy groups -OCH3 is 1. The highest BCUT2D eigenvalue weighted by Gasteiger charge is 2.28. The first-order valence-electron chi connectivity index (χ1n) is 8.86. The van der Waals surface area contributed by atoms with Crippen molar-refractivity contribution in [3.05, 3.63) is 29.3 Å². The van der Waals surface area contributed by atoms with Crippen LogP contribution in [0.25, 0.3) is 0 Å². The number of hydrogen-bond acceptors (Lipinski definition) is 3. The molecule has 0 unspecified atom stereocenters. The van der Waals surface area contributed by atoms with Gasteiger partial charge in [0.05, 0.1) is 12.7 Å². The van der Waals surface area contributed by atoms with E-state index in [1.54, 1.807) is 0 Å². The third-order valence-electron chi connectivity index (χ3n) is 4.71. The van der Waals surface area contributed by atoms with Crippen LogP contribution >= 0.6 is 11.6 Å². The van der Waals surface area contributed by atoms with Crippen LogP contribution in [0.15, 0.2) is 24.3 Å². The Morgan fingerprint density at radius 3 is 2.91 bits per heavy atom. The second-order valence-electron chi connectivity index (χ2n) is 6.43. The smallest absolute Gasteiger partial charge is 0.120 e. The van der Waals surface area contributed by atoms with E-state index in [0.29, 0.717) is 12.0 Å². The van der Waals surface area contributed by atoms with Crippen LogP contribution < -0.4 is 4.74 Å². The van der Waals surface area contributed by atoms with Gasteiger partial charge in [-0.15, -0.1) is 0 Å². The number of nitrogens with zero attached hydrogens (tertiary/aromatic N) is 1. The number of likely N-dealkylation sites (tertiary alicyclic amines) is 1. The minimum atomic E-state index is 0.327. The molecule has 0 amide bonds. The zero-order valence-electron chi connectivity index (χ0n) is 14.5. The van der Waals surface area contributed by atoms with Crippen LogP contribution in [0.2, 0.25) is 5.02 Å². The summed E-state index contributed by atoms with van der Waals surface area (Å²) in [5.74, 6) is 1.44. The highest BCUT2D eigenvalue weighted by atomic mass is 35.5.